The van der Waals surface area contributed by atoms with Gasteiger partial charge in [0.1, 0.15) is 5.75 Å². The molecule has 3 nitrogen and oxygen atoms in total. The van der Waals surface area contributed by atoms with Crippen LogP contribution in [0.25, 0.3) is 0 Å². The van der Waals surface area contributed by atoms with Crippen LogP contribution in [0.2, 0.25) is 0 Å². The zero-order chi connectivity index (χ0) is 15.7. The number of ether oxygens (including phenoxy) is 1. The van der Waals surface area contributed by atoms with Crippen molar-refractivity contribution in [2.45, 2.75) is 47.0 Å². The Morgan fingerprint density at radius 1 is 1.19 bits per heavy atom. The van der Waals surface area contributed by atoms with E-state index in [1.54, 1.807) is 0 Å². The van der Waals surface area contributed by atoms with Crippen molar-refractivity contribution in [1.82, 2.24) is 4.90 Å². The van der Waals surface area contributed by atoms with Crippen molar-refractivity contribution in [1.29, 1.82) is 0 Å². The molecule has 0 aromatic heterocycles. The van der Waals surface area contributed by atoms with Crippen LogP contribution in [0.15, 0.2) is 18.2 Å². The van der Waals surface area contributed by atoms with Crippen molar-refractivity contribution >= 4 is 5.78 Å². The molecule has 0 saturated heterocycles. The third-order valence-corrected chi connectivity index (χ3v) is 3.74. The molecule has 0 unspecified atom stereocenters. The number of Topliss-reactive ketones (excluding diaryl/α,β-unsaturated/α-hetero) is 1. The van der Waals surface area contributed by atoms with Gasteiger partial charge in [-0.15, -0.1) is 0 Å². The summed E-state index contributed by atoms with van der Waals surface area (Å²) in [4.78, 5) is 14.7. The lowest BCUT2D eigenvalue weighted by atomic mass is 10.0. The van der Waals surface area contributed by atoms with E-state index in [0.29, 0.717) is 13.0 Å². The minimum absolute atomic E-state index is 0.178. The van der Waals surface area contributed by atoms with E-state index in [2.05, 4.69) is 25.7 Å². The lowest BCUT2D eigenvalue weighted by Crippen LogP contribution is -2.25. The fraction of sp³-hybridized carbons (Fsp3) is 0.611. The van der Waals surface area contributed by atoms with Gasteiger partial charge in [0.25, 0.3) is 0 Å². The zero-order valence-corrected chi connectivity index (χ0v) is 13.9. The van der Waals surface area contributed by atoms with E-state index in [-0.39, 0.29) is 5.78 Å². The maximum atomic E-state index is 12.5. The largest absolute Gasteiger partial charge is 0.493 e. The average molecular weight is 291 g/mol. The molecule has 0 amide bonds. The molecule has 0 atom stereocenters. The molecule has 0 saturated carbocycles. The molecule has 0 bridgehead atoms. The number of hydrogen-bond donors (Lipinski definition) is 0. The highest BCUT2D eigenvalue weighted by Crippen LogP contribution is 2.22. The molecule has 0 spiro atoms. The molecule has 1 aromatic rings. The second-order valence-corrected chi connectivity index (χ2v) is 5.40. The number of ketones is 1. The molecular weight excluding hydrogens is 262 g/mol. The van der Waals surface area contributed by atoms with Gasteiger partial charge in [0.05, 0.1) is 12.2 Å². The van der Waals surface area contributed by atoms with Crippen molar-refractivity contribution in [3.8, 4) is 5.75 Å². The zero-order valence-electron chi connectivity index (χ0n) is 13.9. The van der Waals surface area contributed by atoms with Crippen LogP contribution in [0.3, 0.4) is 0 Å². The van der Waals surface area contributed by atoms with Gasteiger partial charge in [0, 0.05) is 13.0 Å². The quantitative estimate of drug-likeness (QED) is 0.480. The van der Waals surface area contributed by atoms with Crippen LogP contribution < -0.4 is 4.74 Å². The summed E-state index contributed by atoms with van der Waals surface area (Å²) in [7, 11) is 0. The van der Waals surface area contributed by atoms with E-state index in [0.717, 1.165) is 49.4 Å². The lowest BCUT2D eigenvalue weighted by molar-refractivity contribution is 0.0962. The Labute approximate surface area is 129 Å². The molecule has 118 valence electrons. The van der Waals surface area contributed by atoms with E-state index in [4.69, 9.17) is 4.74 Å². The van der Waals surface area contributed by atoms with E-state index >= 15 is 0 Å². The summed E-state index contributed by atoms with van der Waals surface area (Å²) in [6.07, 6.45) is 2.66. The monoisotopic (exact) mass is 291 g/mol. The maximum Gasteiger partial charge on any atom is 0.167 e. The van der Waals surface area contributed by atoms with Crippen molar-refractivity contribution in [3.63, 3.8) is 0 Å². The molecule has 21 heavy (non-hydrogen) atoms. The predicted octanol–water partition coefficient (Wildman–Crippen LogP) is 4.09. The first-order chi connectivity index (χ1) is 10.1. The summed E-state index contributed by atoms with van der Waals surface area (Å²) in [6.45, 7) is 11.9. The van der Waals surface area contributed by atoms with E-state index in [1.165, 1.54) is 0 Å². The number of benzene rings is 1. The number of carbonyl (C=O) groups is 1. The lowest BCUT2D eigenvalue weighted by Gasteiger charge is -2.18. The molecule has 0 heterocycles. The molecule has 0 N–H and O–H groups in total. The number of aryl methyl sites for hydroxylation is 1. The van der Waals surface area contributed by atoms with E-state index in [1.807, 2.05) is 25.1 Å². The third kappa shape index (κ3) is 5.88. The van der Waals surface area contributed by atoms with Crippen LogP contribution in [0.5, 0.6) is 5.75 Å². The first-order valence-corrected chi connectivity index (χ1v) is 8.11. The van der Waals surface area contributed by atoms with E-state index < -0.39 is 0 Å². The molecular formula is C18H29NO2. The molecule has 1 aromatic carbocycles. The number of unbranched alkanes of at least 4 members (excludes halogenated alkanes) is 1. The maximum absolute atomic E-state index is 12.5. The topological polar surface area (TPSA) is 29.5 Å². The van der Waals surface area contributed by atoms with Gasteiger partial charge < -0.3 is 9.64 Å². The van der Waals surface area contributed by atoms with Gasteiger partial charge in [0.15, 0.2) is 5.78 Å². The van der Waals surface area contributed by atoms with Crippen molar-refractivity contribution in [2.75, 3.05) is 26.2 Å². The number of rotatable bonds is 10. The Bertz CT molecular complexity index is 439. The summed E-state index contributed by atoms with van der Waals surface area (Å²) in [6, 6.07) is 5.88. The summed E-state index contributed by atoms with van der Waals surface area (Å²) in [5.74, 6) is 0.913. The normalized spacial score (nSPS) is 10.9. The third-order valence-electron chi connectivity index (χ3n) is 3.74. The van der Waals surface area contributed by atoms with Crippen LogP contribution >= 0.6 is 0 Å². The first kappa shape index (κ1) is 17.7. The number of carbonyl (C=O) groups excluding carboxylic acids is 1. The van der Waals surface area contributed by atoms with Gasteiger partial charge in [0.2, 0.25) is 0 Å². The average Bonchev–Trinajstić information content (AvgIpc) is 2.49. The SMILES string of the molecule is CCCCOc1ccc(C)cc1C(=O)CCN(CC)CC. The summed E-state index contributed by atoms with van der Waals surface area (Å²) < 4.78 is 5.78. The highest BCUT2D eigenvalue weighted by molar-refractivity contribution is 5.99. The Balaban J connectivity index is 2.74. The molecule has 0 radical (unpaired) electrons. The predicted molar refractivity (Wildman–Crippen MR) is 88.3 cm³/mol. The molecule has 0 aliphatic rings. The second-order valence-electron chi connectivity index (χ2n) is 5.40. The standard InChI is InChI=1S/C18H29NO2/c1-5-8-13-21-18-10-9-15(4)14-16(18)17(20)11-12-19(6-2)7-3/h9-10,14H,5-8,11-13H2,1-4H3. The number of nitrogens with zero attached hydrogens (tertiary/aromatic N) is 1. The van der Waals surface area contributed by atoms with Crippen LogP contribution in [0.1, 0.15) is 56.0 Å². The minimum Gasteiger partial charge on any atom is -0.493 e. The Kier molecular flexibility index (Phi) is 8.06. The summed E-state index contributed by atoms with van der Waals surface area (Å²) >= 11 is 0. The highest BCUT2D eigenvalue weighted by Gasteiger charge is 2.14. The molecule has 0 fully saturated rings. The Hall–Kier alpha value is -1.35. The Morgan fingerprint density at radius 2 is 1.90 bits per heavy atom. The van der Waals surface area contributed by atoms with Crippen LogP contribution in [0, 0.1) is 6.92 Å². The Morgan fingerprint density at radius 3 is 2.52 bits per heavy atom. The van der Waals surface area contributed by atoms with Gasteiger partial charge in [-0.3, -0.25) is 4.79 Å². The molecule has 1 rings (SSSR count). The van der Waals surface area contributed by atoms with Gasteiger partial charge in [-0.05, 0) is 38.6 Å². The first-order valence-electron chi connectivity index (χ1n) is 8.11. The van der Waals surface area contributed by atoms with E-state index in [9.17, 15) is 4.79 Å². The molecule has 0 aliphatic carbocycles. The van der Waals surface area contributed by atoms with Crippen LogP contribution in [0.4, 0.5) is 0 Å². The van der Waals surface area contributed by atoms with Gasteiger partial charge in [-0.1, -0.05) is 38.8 Å². The van der Waals surface area contributed by atoms with Crippen molar-refractivity contribution in [3.05, 3.63) is 29.3 Å². The molecule has 0 aliphatic heterocycles. The second kappa shape index (κ2) is 9.56. The highest BCUT2D eigenvalue weighted by atomic mass is 16.5. The fourth-order valence-electron chi connectivity index (χ4n) is 2.25. The van der Waals surface area contributed by atoms with Crippen LogP contribution in [-0.2, 0) is 0 Å². The number of hydrogen-bond acceptors (Lipinski definition) is 3. The van der Waals surface area contributed by atoms with Crippen molar-refractivity contribution in [2.24, 2.45) is 0 Å². The minimum atomic E-state index is 0.178. The van der Waals surface area contributed by atoms with Gasteiger partial charge in [-0.25, -0.2) is 0 Å². The van der Waals surface area contributed by atoms with Crippen molar-refractivity contribution < 1.29 is 9.53 Å². The van der Waals surface area contributed by atoms with Gasteiger partial charge in [-0.2, -0.15) is 0 Å². The van der Waals surface area contributed by atoms with Crippen LogP contribution in [-0.4, -0.2) is 36.9 Å². The molecule has 3 heteroatoms. The smallest absolute Gasteiger partial charge is 0.167 e. The summed E-state index contributed by atoms with van der Waals surface area (Å²) in [5.41, 5.74) is 1.84. The fourth-order valence-corrected chi connectivity index (χ4v) is 2.25. The summed E-state index contributed by atoms with van der Waals surface area (Å²) in [5, 5.41) is 0. The van der Waals surface area contributed by atoms with Gasteiger partial charge >= 0.3 is 0 Å².